The normalized spacial score (nSPS) is 21.4. The van der Waals surface area contributed by atoms with Crippen LogP contribution in [-0.4, -0.2) is 67.3 Å². The first-order valence-electron chi connectivity index (χ1n) is 15.2. The molecule has 0 spiro atoms. The monoisotopic (exact) mass is 579 g/mol. The molecule has 0 amide bonds. The minimum atomic E-state index is -0.629. The first-order valence-corrected chi connectivity index (χ1v) is 15.2. The van der Waals surface area contributed by atoms with Gasteiger partial charge in [0.05, 0.1) is 24.1 Å². The van der Waals surface area contributed by atoms with Crippen molar-refractivity contribution >= 4 is 11.4 Å². The second-order valence-electron chi connectivity index (χ2n) is 12.4. The highest BCUT2D eigenvalue weighted by atomic mass is 19.1. The van der Waals surface area contributed by atoms with E-state index < -0.39 is 11.6 Å². The summed E-state index contributed by atoms with van der Waals surface area (Å²) >= 11 is 0. The Labute approximate surface area is 246 Å². The Kier molecular flexibility index (Phi) is 8.30. The minimum absolute atomic E-state index is 0.0327. The van der Waals surface area contributed by atoms with Gasteiger partial charge in [-0.3, -0.25) is 0 Å². The number of benzene rings is 2. The number of halogens is 3. The minimum Gasteiger partial charge on any atom is -0.486 e. The predicted octanol–water partition coefficient (Wildman–Crippen LogP) is 6.46. The van der Waals surface area contributed by atoms with Gasteiger partial charge < -0.3 is 19.4 Å². The van der Waals surface area contributed by atoms with E-state index in [9.17, 15) is 0 Å². The molecular formula is C33H40F3N5O. The van der Waals surface area contributed by atoms with Crippen molar-refractivity contribution in [3.63, 3.8) is 0 Å². The fourth-order valence-corrected chi connectivity index (χ4v) is 6.79. The predicted molar refractivity (Wildman–Crippen MR) is 160 cm³/mol. The molecule has 6 rings (SSSR count). The summed E-state index contributed by atoms with van der Waals surface area (Å²) in [5.41, 5.74) is 2.32. The lowest BCUT2D eigenvalue weighted by molar-refractivity contribution is 0.249. The van der Waals surface area contributed by atoms with Crippen LogP contribution in [0.25, 0.3) is 11.3 Å². The first-order chi connectivity index (χ1) is 20.3. The molecular weight excluding hydrogens is 539 g/mol. The van der Waals surface area contributed by atoms with Gasteiger partial charge in [0, 0.05) is 37.2 Å². The van der Waals surface area contributed by atoms with Crippen LogP contribution in [0.1, 0.15) is 56.8 Å². The van der Waals surface area contributed by atoms with Gasteiger partial charge in [-0.25, -0.2) is 23.1 Å². The van der Waals surface area contributed by atoms with Crippen LogP contribution in [0.2, 0.25) is 0 Å². The van der Waals surface area contributed by atoms with Crippen LogP contribution in [0, 0.1) is 23.4 Å². The number of hydrogen-bond donors (Lipinski definition) is 0. The number of piperidine rings is 1. The molecule has 2 fully saturated rings. The van der Waals surface area contributed by atoms with Gasteiger partial charge in [0.15, 0.2) is 17.4 Å². The number of ether oxygens (including phenoxy) is 1. The van der Waals surface area contributed by atoms with Crippen molar-refractivity contribution in [3.05, 3.63) is 65.4 Å². The number of anilines is 2. The smallest absolute Gasteiger partial charge is 0.178 e. The van der Waals surface area contributed by atoms with E-state index in [0.717, 1.165) is 57.8 Å². The molecule has 224 valence electrons. The average Bonchev–Trinajstić information content (AvgIpc) is 2.98. The Morgan fingerprint density at radius 2 is 1.64 bits per heavy atom. The van der Waals surface area contributed by atoms with E-state index in [1.807, 2.05) is 12.1 Å². The van der Waals surface area contributed by atoms with Gasteiger partial charge in [-0.1, -0.05) is 13.0 Å². The summed E-state index contributed by atoms with van der Waals surface area (Å²) in [5, 5.41) is 0. The van der Waals surface area contributed by atoms with Crippen LogP contribution < -0.4 is 14.5 Å². The van der Waals surface area contributed by atoms with Gasteiger partial charge in [0.25, 0.3) is 0 Å². The molecule has 0 atom stereocenters. The van der Waals surface area contributed by atoms with Gasteiger partial charge in [0.1, 0.15) is 23.9 Å². The Hall–Kier alpha value is -3.33. The summed E-state index contributed by atoms with van der Waals surface area (Å²) < 4.78 is 51.3. The van der Waals surface area contributed by atoms with Crippen LogP contribution >= 0.6 is 0 Å². The van der Waals surface area contributed by atoms with Crippen LogP contribution in [0.15, 0.2) is 36.5 Å². The molecule has 3 aliphatic rings. The fraction of sp³-hybridized carbons (Fsp3) is 0.515. The summed E-state index contributed by atoms with van der Waals surface area (Å²) in [7, 11) is 4.17. The Balaban J connectivity index is 1.22. The van der Waals surface area contributed by atoms with Gasteiger partial charge in [0.2, 0.25) is 0 Å². The second kappa shape index (κ2) is 12.1. The third kappa shape index (κ3) is 5.93. The zero-order valence-corrected chi connectivity index (χ0v) is 24.8. The van der Waals surface area contributed by atoms with Crippen molar-refractivity contribution in [1.82, 2.24) is 14.9 Å². The highest BCUT2D eigenvalue weighted by molar-refractivity contribution is 5.72. The Bertz CT molecular complexity index is 1420. The third-order valence-electron chi connectivity index (χ3n) is 9.32. The molecule has 9 heteroatoms. The van der Waals surface area contributed by atoms with Crippen LogP contribution in [0.3, 0.4) is 0 Å². The molecule has 3 heterocycles. The zero-order chi connectivity index (χ0) is 29.4. The summed E-state index contributed by atoms with van der Waals surface area (Å²) in [4.78, 5) is 15.2. The van der Waals surface area contributed by atoms with E-state index in [-0.39, 0.29) is 23.7 Å². The number of aromatic nitrogens is 2. The summed E-state index contributed by atoms with van der Waals surface area (Å²) in [5.74, 6) is -0.174. The molecule has 1 aromatic heterocycles. The van der Waals surface area contributed by atoms with Gasteiger partial charge in [-0.2, -0.15) is 0 Å². The number of rotatable bonds is 6. The van der Waals surface area contributed by atoms with E-state index in [1.54, 1.807) is 6.07 Å². The van der Waals surface area contributed by atoms with Crippen molar-refractivity contribution in [2.75, 3.05) is 50.1 Å². The molecule has 3 aromatic rings. The topological polar surface area (TPSA) is 44.7 Å². The standard InChI is InChI=1S/C33H40F3N5O/c1-21-4-7-25(8-5-21)41-14-15-42-33-27(35)18-23(19-30(33)41)32-28(36)20-37-31(38-32)17-22-6-9-29(26(34)16-22)40-12-10-24(11-13-40)39(2)3/h6,9,16,18-21,24-25H,4-5,7-8,10-15,17H2,1-3H3. The summed E-state index contributed by atoms with van der Waals surface area (Å²) in [6.45, 7) is 4.98. The molecule has 42 heavy (non-hydrogen) atoms. The fourth-order valence-electron chi connectivity index (χ4n) is 6.79. The van der Waals surface area contributed by atoms with E-state index in [4.69, 9.17) is 4.74 Å². The largest absolute Gasteiger partial charge is 0.486 e. The van der Waals surface area contributed by atoms with Crippen molar-refractivity contribution in [1.29, 1.82) is 0 Å². The van der Waals surface area contributed by atoms with E-state index >= 15 is 13.2 Å². The highest BCUT2D eigenvalue weighted by Crippen LogP contribution is 2.41. The van der Waals surface area contributed by atoms with Gasteiger partial charge in [-0.15, -0.1) is 0 Å². The van der Waals surface area contributed by atoms with Crippen LogP contribution in [-0.2, 0) is 6.42 Å². The molecule has 2 aliphatic heterocycles. The van der Waals surface area contributed by atoms with Crippen molar-refractivity contribution in [2.24, 2.45) is 5.92 Å². The lowest BCUT2D eigenvalue weighted by atomic mass is 9.86. The first kappa shape index (κ1) is 28.8. The average molecular weight is 580 g/mol. The van der Waals surface area contributed by atoms with Gasteiger partial charge in [-0.05, 0) is 88.4 Å². The van der Waals surface area contributed by atoms with E-state index in [1.165, 1.54) is 12.1 Å². The maximum atomic E-state index is 15.3. The molecule has 0 bridgehead atoms. The summed E-state index contributed by atoms with van der Waals surface area (Å²) in [6.07, 6.45) is 7.70. The number of nitrogens with zero attached hydrogens (tertiary/aromatic N) is 5. The maximum Gasteiger partial charge on any atom is 0.178 e. The molecule has 0 unspecified atom stereocenters. The molecule has 2 aromatic carbocycles. The molecule has 6 nitrogen and oxygen atoms in total. The third-order valence-corrected chi connectivity index (χ3v) is 9.32. The zero-order valence-electron chi connectivity index (χ0n) is 24.8. The van der Waals surface area contributed by atoms with Crippen molar-refractivity contribution in [2.45, 2.75) is 64.0 Å². The highest BCUT2D eigenvalue weighted by Gasteiger charge is 2.31. The molecule has 1 aliphatic carbocycles. The van der Waals surface area contributed by atoms with Crippen LogP contribution in [0.4, 0.5) is 24.5 Å². The van der Waals surface area contributed by atoms with E-state index in [0.29, 0.717) is 59.5 Å². The molecule has 0 N–H and O–H groups in total. The number of fused-ring (bicyclic) bond motifs is 1. The maximum absolute atomic E-state index is 15.3. The summed E-state index contributed by atoms with van der Waals surface area (Å²) in [6, 6.07) is 9.10. The molecule has 0 radical (unpaired) electrons. The Morgan fingerprint density at radius 1 is 0.881 bits per heavy atom. The van der Waals surface area contributed by atoms with E-state index in [2.05, 4.69) is 45.7 Å². The lowest BCUT2D eigenvalue weighted by Gasteiger charge is -2.40. The second-order valence-corrected chi connectivity index (χ2v) is 12.4. The molecule has 1 saturated carbocycles. The SMILES string of the molecule is CC1CCC(N2CCOc3c(F)cc(-c4nc(Cc5ccc(N6CCC(N(C)C)CC6)c(F)c5)ncc4F)cc32)CC1. The van der Waals surface area contributed by atoms with Crippen molar-refractivity contribution in [3.8, 4) is 17.0 Å². The quantitative estimate of drug-likeness (QED) is 0.334. The van der Waals surface area contributed by atoms with Gasteiger partial charge >= 0.3 is 0 Å². The number of hydrogen-bond acceptors (Lipinski definition) is 6. The lowest BCUT2D eigenvalue weighted by Crippen LogP contribution is -2.43. The van der Waals surface area contributed by atoms with Crippen molar-refractivity contribution < 1.29 is 17.9 Å². The Morgan fingerprint density at radius 3 is 2.36 bits per heavy atom. The molecule has 1 saturated heterocycles. The van der Waals surface area contributed by atoms with Crippen LogP contribution in [0.5, 0.6) is 5.75 Å².